The molecule has 1 saturated heterocycles. The van der Waals surface area contributed by atoms with E-state index in [-0.39, 0.29) is 11.8 Å². The number of pyridine rings is 1. The van der Waals surface area contributed by atoms with E-state index in [0.717, 1.165) is 17.8 Å². The van der Waals surface area contributed by atoms with Crippen LogP contribution in [0.25, 0.3) is 0 Å². The molecule has 0 radical (unpaired) electrons. The molecule has 1 atom stereocenters. The largest absolute Gasteiger partial charge is 0.363 e. The summed E-state index contributed by atoms with van der Waals surface area (Å²) in [7, 11) is 3.84. The molecule has 28 heavy (non-hydrogen) atoms. The molecule has 1 N–H and O–H groups in total. The number of nitrogens with one attached hydrogen (secondary N) is 1. The highest BCUT2D eigenvalue weighted by atomic mass is 35.5. The first-order valence-corrected chi connectivity index (χ1v) is 9.78. The van der Waals surface area contributed by atoms with Crippen LogP contribution >= 0.6 is 23.2 Å². The SMILES string of the molecule is CN(C)c1ccc(CNC(=O)C2CCCN2C(=O)c2cc(Cl)ccc2Cl)cn1. The standard InChI is InChI=1S/C20H22Cl2N4O2/c1-25(2)18-8-5-13(11-23-18)12-24-19(27)17-4-3-9-26(17)20(28)15-10-14(21)6-7-16(15)22/h5-8,10-11,17H,3-4,9,12H2,1-2H3,(H,24,27). The Morgan fingerprint density at radius 3 is 2.71 bits per heavy atom. The fraction of sp³-hybridized carbons (Fsp3) is 0.350. The first-order chi connectivity index (χ1) is 13.4. The molecule has 1 fully saturated rings. The van der Waals surface area contributed by atoms with Gasteiger partial charge in [0.2, 0.25) is 5.91 Å². The third kappa shape index (κ3) is 4.56. The van der Waals surface area contributed by atoms with E-state index in [2.05, 4.69) is 10.3 Å². The Bertz CT molecular complexity index is 871. The summed E-state index contributed by atoms with van der Waals surface area (Å²) in [6.07, 6.45) is 3.12. The lowest BCUT2D eigenvalue weighted by atomic mass is 10.1. The van der Waals surface area contributed by atoms with Crippen LogP contribution in [0.4, 0.5) is 5.82 Å². The molecular formula is C20H22Cl2N4O2. The molecule has 3 rings (SSSR count). The van der Waals surface area contributed by atoms with Gasteiger partial charge in [0.25, 0.3) is 5.91 Å². The van der Waals surface area contributed by atoms with Gasteiger partial charge in [0, 0.05) is 38.4 Å². The molecule has 1 unspecified atom stereocenters. The van der Waals surface area contributed by atoms with E-state index in [1.165, 1.54) is 6.07 Å². The molecule has 1 aromatic heterocycles. The van der Waals surface area contributed by atoms with Gasteiger partial charge in [-0.1, -0.05) is 29.3 Å². The Morgan fingerprint density at radius 1 is 1.25 bits per heavy atom. The van der Waals surface area contributed by atoms with Crippen LogP contribution in [0, 0.1) is 0 Å². The van der Waals surface area contributed by atoms with Crippen LogP contribution in [-0.2, 0) is 11.3 Å². The minimum absolute atomic E-state index is 0.180. The Morgan fingerprint density at radius 2 is 2.04 bits per heavy atom. The second kappa shape index (κ2) is 8.80. The molecule has 2 aromatic rings. The van der Waals surface area contributed by atoms with Crippen molar-refractivity contribution >= 4 is 40.8 Å². The Balaban J connectivity index is 1.65. The number of benzene rings is 1. The first-order valence-electron chi connectivity index (χ1n) is 9.03. The molecule has 1 aliphatic rings. The summed E-state index contributed by atoms with van der Waals surface area (Å²) in [6, 6.07) is 8.06. The zero-order chi connectivity index (χ0) is 20.3. The van der Waals surface area contributed by atoms with E-state index < -0.39 is 6.04 Å². The van der Waals surface area contributed by atoms with Gasteiger partial charge in [0.05, 0.1) is 10.6 Å². The maximum Gasteiger partial charge on any atom is 0.256 e. The number of hydrogen-bond donors (Lipinski definition) is 1. The number of amides is 2. The molecule has 2 heterocycles. The third-order valence-corrected chi connectivity index (χ3v) is 5.27. The summed E-state index contributed by atoms with van der Waals surface area (Å²) in [6.45, 7) is 0.870. The van der Waals surface area contributed by atoms with E-state index in [0.29, 0.717) is 35.1 Å². The van der Waals surface area contributed by atoms with Crippen LogP contribution in [-0.4, -0.2) is 48.4 Å². The average Bonchev–Trinajstić information content (AvgIpc) is 3.17. The van der Waals surface area contributed by atoms with Gasteiger partial charge >= 0.3 is 0 Å². The van der Waals surface area contributed by atoms with Crippen LogP contribution in [0.2, 0.25) is 10.0 Å². The maximum atomic E-state index is 12.9. The normalized spacial score (nSPS) is 16.1. The van der Waals surface area contributed by atoms with Gasteiger partial charge in [-0.3, -0.25) is 9.59 Å². The summed E-state index contributed by atoms with van der Waals surface area (Å²) >= 11 is 12.2. The quantitative estimate of drug-likeness (QED) is 0.804. The zero-order valence-electron chi connectivity index (χ0n) is 15.8. The first kappa shape index (κ1) is 20.4. The predicted molar refractivity (Wildman–Crippen MR) is 111 cm³/mol. The van der Waals surface area contributed by atoms with Crippen molar-refractivity contribution in [3.05, 3.63) is 57.7 Å². The van der Waals surface area contributed by atoms with Crippen molar-refractivity contribution in [2.24, 2.45) is 0 Å². The molecule has 6 nitrogen and oxygen atoms in total. The van der Waals surface area contributed by atoms with Crippen molar-refractivity contribution < 1.29 is 9.59 Å². The van der Waals surface area contributed by atoms with Crippen LogP contribution in [0.3, 0.4) is 0 Å². The zero-order valence-corrected chi connectivity index (χ0v) is 17.3. The van der Waals surface area contributed by atoms with E-state index in [1.807, 2.05) is 31.1 Å². The molecule has 0 spiro atoms. The predicted octanol–water partition coefficient (Wildman–Crippen LogP) is 3.38. The number of carbonyl (C=O) groups is 2. The fourth-order valence-corrected chi connectivity index (χ4v) is 3.56. The van der Waals surface area contributed by atoms with E-state index in [4.69, 9.17) is 23.2 Å². The third-order valence-electron chi connectivity index (χ3n) is 4.71. The van der Waals surface area contributed by atoms with E-state index in [1.54, 1.807) is 23.2 Å². The van der Waals surface area contributed by atoms with Gasteiger partial charge < -0.3 is 15.1 Å². The molecule has 1 aliphatic heterocycles. The summed E-state index contributed by atoms with van der Waals surface area (Å²) in [5, 5.41) is 3.66. The maximum absolute atomic E-state index is 12.9. The summed E-state index contributed by atoms with van der Waals surface area (Å²) < 4.78 is 0. The second-order valence-corrected chi connectivity index (χ2v) is 7.76. The highest BCUT2D eigenvalue weighted by molar-refractivity contribution is 6.35. The molecule has 0 bridgehead atoms. The smallest absolute Gasteiger partial charge is 0.256 e. The Hall–Kier alpha value is -2.31. The lowest BCUT2D eigenvalue weighted by molar-refractivity contribution is -0.125. The lowest BCUT2D eigenvalue weighted by Crippen LogP contribution is -2.45. The summed E-state index contributed by atoms with van der Waals surface area (Å²) in [5.74, 6) is 0.392. The Kier molecular flexibility index (Phi) is 6.42. The molecule has 0 saturated carbocycles. The van der Waals surface area contributed by atoms with Gasteiger partial charge in [0.1, 0.15) is 11.9 Å². The number of carbonyl (C=O) groups excluding carboxylic acids is 2. The number of anilines is 1. The van der Waals surface area contributed by atoms with Crippen LogP contribution in [0.1, 0.15) is 28.8 Å². The molecule has 1 aromatic carbocycles. The number of rotatable bonds is 5. The second-order valence-electron chi connectivity index (χ2n) is 6.92. The summed E-state index contributed by atoms with van der Waals surface area (Å²) in [4.78, 5) is 33.4. The molecular weight excluding hydrogens is 399 g/mol. The molecule has 2 amide bonds. The monoisotopic (exact) mass is 420 g/mol. The number of halogens is 2. The number of aromatic nitrogens is 1. The van der Waals surface area contributed by atoms with Crippen LogP contribution < -0.4 is 10.2 Å². The van der Waals surface area contributed by atoms with Gasteiger partial charge in [-0.25, -0.2) is 4.98 Å². The average molecular weight is 421 g/mol. The highest BCUT2D eigenvalue weighted by Gasteiger charge is 2.35. The van der Waals surface area contributed by atoms with Crippen LogP contribution in [0.15, 0.2) is 36.5 Å². The van der Waals surface area contributed by atoms with Gasteiger partial charge in [-0.2, -0.15) is 0 Å². The van der Waals surface area contributed by atoms with E-state index in [9.17, 15) is 9.59 Å². The lowest BCUT2D eigenvalue weighted by Gasteiger charge is -2.24. The van der Waals surface area contributed by atoms with Crippen LogP contribution in [0.5, 0.6) is 0 Å². The van der Waals surface area contributed by atoms with Gasteiger partial charge in [-0.05, 0) is 42.7 Å². The van der Waals surface area contributed by atoms with Gasteiger partial charge in [0.15, 0.2) is 0 Å². The number of likely N-dealkylation sites (tertiary alicyclic amines) is 1. The fourth-order valence-electron chi connectivity index (χ4n) is 3.19. The number of nitrogens with zero attached hydrogens (tertiary/aromatic N) is 3. The van der Waals surface area contributed by atoms with Crippen molar-refractivity contribution in [1.29, 1.82) is 0 Å². The minimum Gasteiger partial charge on any atom is -0.363 e. The van der Waals surface area contributed by atoms with Crippen molar-refractivity contribution in [1.82, 2.24) is 15.2 Å². The van der Waals surface area contributed by atoms with Crippen molar-refractivity contribution in [3.8, 4) is 0 Å². The Labute approximate surface area is 174 Å². The molecule has 0 aliphatic carbocycles. The highest BCUT2D eigenvalue weighted by Crippen LogP contribution is 2.26. The van der Waals surface area contributed by atoms with E-state index >= 15 is 0 Å². The summed E-state index contributed by atoms with van der Waals surface area (Å²) in [5.41, 5.74) is 1.21. The van der Waals surface area contributed by atoms with Crippen molar-refractivity contribution in [3.63, 3.8) is 0 Å². The van der Waals surface area contributed by atoms with Crippen molar-refractivity contribution in [2.75, 3.05) is 25.5 Å². The molecule has 148 valence electrons. The topological polar surface area (TPSA) is 65.5 Å². The van der Waals surface area contributed by atoms with Gasteiger partial charge in [-0.15, -0.1) is 0 Å². The number of hydrogen-bond acceptors (Lipinski definition) is 4. The van der Waals surface area contributed by atoms with Crippen molar-refractivity contribution in [2.45, 2.75) is 25.4 Å². The minimum atomic E-state index is -0.517. The molecule has 8 heteroatoms.